The monoisotopic (exact) mass is 340 g/mol. The van der Waals surface area contributed by atoms with Crippen molar-refractivity contribution >= 4 is 45.0 Å². The number of halogens is 1. The van der Waals surface area contributed by atoms with E-state index in [4.69, 9.17) is 0 Å². The summed E-state index contributed by atoms with van der Waals surface area (Å²) in [6, 6.07) is 15.5. The number of anilines is 1. The van der Waals surface area contributed by atoms with Gasteiger partial charge in [0, 0.05) is 4.47 Å². The molecule has 0 fully saturated rings. The lowest BCUT2D eigenvalue weighted by molar-refractivity contribution is -0.115. The number of carbonyl (C=O) groups is 1. The van der Waals surface area contributed by atoms with E-state index >= 15 is 0 Å². The molecule has 4 heteroatoms. The minimum absolute atomic E-state index is 0.0424. The largest absolute Gasteiger partial charge is 0.324 e. The van der Waals surface area contributed by atoms with Crippen molar-refractivity contribution < 1.29 is 4.79 Å². The van der Waals surface area contributed by atoms with E-state index < -0.39 is 0 Å². The number of allylic oxidation sites excluding steroid dienone is 1. The molecule has 0 atom stereocenters. The Bertz CT molecular complexity index is 733. The van der Waals surface area contributed by atoms with E-state index in [1.54, 1.807) is 0 Å². The predicted octanol–water partition coefficient (Wildman–Crippen LogP) is 4.58. The number of nitrogens with one attached hydrogen (secondary N) is 1. The van der Waals surface area contributed by atoms with Crippen LogP contribution < -0.4 is 5.32 Å². The molecule has 0 saturated heterocycles. The van der Waals surface area contributed by atoms with E-state index in [-0.39, 0.29) is 12.3 Å². The topological polar surface area (TPSA) is 41.5 Å². The molecule has 1 aliphatic heterocycles. The van der Waals surface area contributed by atoms with E-state index in [0.717, 1.165) is 27.1 Å². The fourth-order valence-electron chi connectivity index (χ4n) is 2.09. The number of para-hydroxylation sites is 2. The molecule has 1 heterocycles. The van der Waals surface area contributed by atoms with E-state index in [2.05, 4.69) is 26.2 Å². The third-order valence-electron chi connectivity index (χ3n) is 3.12. The summed E-state index contributed by atoms with van der Waals surface area (Å²) in [5, 5.41) is 2.86. The van der Waals surface area contributed by atoms with Crippen molar-refractivity contribution in [3.05, 3.63) is 64.6 Å². The predicted molar refractivity (Wildman–Crippen MR) is 90.0 cm³/mol. The zero-order valence-corrected chi connectivity index (χ0v) is 12.8. The van der Waals surface area contributed by atoms with Crippen LogP contribution in [-0.4, -0.2) is 11.6 Å². The van der Waals surface area contributed by atoms with Crippen LogP contribution in [0.1, 0.15) is 12.0 Å². The summed E-state index contributed by atoms with van der Waals surface area (Å²) >= 11 is 3.41. The highest BCUT2D eigenvalue weighted by Gasteiger charge is 2.13. The number of carbonyl (C=O) groups excluding carboxylic acids is 1. The number of hydrogen-bond donors (Lipinski definition) is 1. The van der Waals surface area contributed by atoms with Crippen molar-refractivity contribution in [3.8, 4) is 0 Å². The summed E-state index contributed by atoms with van der Waals surface area (Å²) in [6.07, 6.45) is 4.14. The molecule has 0 aliphatic carbocycles. The number of nitrogens with zero attached hydrogens (tertiary/aromatic N) is 1. The second-order valence-corrected chi connectivity index (χ2v) is 5.65. The van der Waals surface area contributed by atoms with Crippen LogP contribution in [0.2, 0.25) is 0 Å². The van der Waals surface area contributed by atoms with Gasteiger partial charge in [-0.3, -0.25) is 9.79 Å². The van der Waals surface area contributed by atoms with Crippen LogP contribution in [0.3, 0.4) is 0 Å². The zero-order valence-electron chi connectivity index (χ0n) is 11.2. The molecule has 104 valence electrons. The molecule has 0 spiro atoms. The number of rotatable bonds is 2. The molecule has 1 amide bonds. The molecule has 2 aromatic carbocycles. The average molecular weight is 341 g/mol. The second-order valence-electron chi connectivity index (χ2n) is 4.73. The maximum Gasteiger partial charge on any atom is 0.230 e. The van der Waals surface area contributed by atoms with Gasteiger partial charge in [0.15, 0.2) is 0 Å². The van der Waals surface area contributed by atoms with Crippen LogP contribution in [0.15, 0.2) is 64.1 Å². The average Bonchev–Trinajstić information content (AvgIpc) is 2.64. The Morgan fingerprint density at radius 1 is 1.05 bits per heavy atom. The van der Waals surface area contributed by atoms with E-state index in [1.165, 1.54) is 0 Å². The Balaban J connectivity index is 1.89. The first kappa shape index (κ1) is 13.8. The van der Waals surface area contributed by atoms with Gasteiger partial charge in [0.2, 0.25) is 5.91 Å². The molecule has 2 aromatic rings. The molecule has 1 N–H and O–H groups in total. The van der Waals surface area contributed by atoms with Crippen molar-refractivity contribution in [1.82, 2.24) is 0 Å². The normalized spacial score (nSPS) is 14.3. The fourth-order valence-corrected chi connectivity index (χ4v) is 2.36. The number of benzene rings is 2. The van der Waals surface area contributed by atoms with Gasteiger partial charge >= 0.3 is 0 Å². The minimum Gasteiger partial charge on any atom is -0.324 e. The highest BCUT2D eigenvalue weighted by Crippen LogP contribution is 2.27. The Morgan fingerprint density at radius 3 is 2.62 bits per heavy atom. The fraction of sp³-hybridized carbons (Fsp3) is 0.0588. The van der Waals surface area contributed by atoms with E-state index in [1.807, 2.05) is 60.7 Å². The molecule has 1 aliphatic rings. The molecule has 0 aromatic heterocycles. The van der Waals surface area contributed by atoms with Crippen molar-refractivity contribution in [2.75, 3.05) is 5.32 Å². The molecule has 3 nitrogen and oxygen atoms in total. The summed E-state index contributed by atoms with van der Waals surface area (Å²) in [7, 11) is 0. The Hall–Kier alpha value is -2.20. The lowest BCUT2D eigenvalue weighted by Crippen LogP contribution is -2.13. The van der Waals surface area contributed by atoms with Crippen LogP contribution >= 0.6 is 15.9 Å². The van der Waals surface area contributed by atoms with Crippen molar-refractivity contribution in [3.63, 3.8) is 0 Å². The molecule has 3 rings (SSSR count). The van der Waals surface area contributed by atoms with Crippen LogP contribution in [0.4, 0.5) is 11.4 Å². The summed E-state index contributed by atoms with van der Waals surface area (Å²) in [5.41, 5.74) is 3.37. The van der Waals surface area contributed by atoms with Gasteiger partial charge in [-0.25, -0.2) is 0 Å². The molecule has 0 unspecified atom stereocenters. The molecule has 0 saturated carbocycles. The van der Waals surface area contributed by atoms with Gasteiger partial charge in [-0.05, 0) is 35.9 Å². The van der Waals surface area contributed by atoms with Gasteiger partial charge in [-0.1, -0.05) is 46.3 Å². The lowest BCUT2D eigenvalue weighted by atomic mass is 10.1. The number of aliphatic imine (C=N–C) groups is 1. The van der Waals surface area contributed by atoms with Gasteiger partial charge in [0.1, 0.15) is 0 Å². The maximum absolute atomic E-state index is 11.9. The van der Waals surface area contributed by atoms with Crippen LogP contribution in [0, 0.1) is 0 Å². The van der Waals surface area contributed by atoms with Gasteiger partial charge in [0.05, 0.1) is 23.5 Å². The highest BCUT2D eigenvalue weighted by atomic mass is 79.9. The third kappa shape index (κ3) is 3.47. The minimum atomic E-state index is -0.0424. The first-order chi connectivity index (χ1) is 10.2. The standard InChI is InChI=1S/C17H13BrN2O/c18-13-8-5-12(6-9-13)7-10-14-11-17(21)20-16-4-2-1-3-15(16)19-14/h1-10H,11H2,(H,20,21)/b10-7+. The number of hydrogen-bond acceptors (Lipinski definition) is 2. The van der Waals surface area contributed by atoms with E-state index in [0.29, 0.717) is 0 Å². The van der Waals surface area contributed by atoms with Gasteiger partial charge < -0.3 is 5.32 Å². The number of fused-ring (bicyclic) bond motifs is 1. The first-order valence-electron chi connectivity index (χ1n) is 6.61. The van der Waals surface area contributed by atoms with Gasteiger partial charge in [-0.15, -0.1) is 0 Å². The van der Waals surface area contributed by atoms with Crippen molar-refractivity contribution in [2.24, 2.45) is 4.99 Å². The van der Waals surface area contributed by atoms with Crippen LogP contribution in [0.25, 0.3) is 6.08 Å². The molecule has 21 heavy (non-hydrogen) atoms. The Kier molecular flexibility index (Phi) is 3.97. The molecule has 0 radical (unpaired) electrons. The summed E-state index contributed by atoms with van der Waals surface area (Å²) in [4.78, 5) is 16.4. The van der Waals surface area contributed by atoms with E-state index in [9.17, 15) is 4.79 Å². The van der Waals surface area contributed by atoms with Gasteiger partial charge in [0.25, 0.3) is 0 Å². The zero-order chi connectivity index (χ0) is 14.7. The molecular formula is C17H13BrN2O. The summed E-state index contributed by atoms with van der Waals surface area (Å²) < 4.78 is 1.04. The Morgan fingerprint density at radius 2 is 1.81 bits per heavy atom. The van der Waals surface area contributed by atoms with Crippen molar-refractivity contribution in [1.29, 1.82) is 0 Å². The van der Waals surface area contributed by atoms with Crippen LogP contribution in [-0.2, 0) is 4.79 Å². The smallest absolute Gasteiger partial charge is 0.230 e. The van der Waals surface area contributed by atoms with Gasteiger partial charge in [-0.2, -0.15) is 0 Å². The summed E-state index contributed by atoms with van der Waals surface area (Å²) in [5.74, 6) is -0.0424. The van der Waals surface area contributed by atoms with Crippen LogP contribution in [0.5, 0.6) is 0 Å². The quantitative estimate of drug-likeness (QED) is 0.854. The number of amides is 1. The molecule has 0 bridgehead atoms. The first-order valence-corrected chi connectivity index (χ1v) is 7.40. The third-order valence-corrected chi connectivity index (χ3v) is 3.65. The lowest BCUT2D eigenvalue weighted by Gasteiger charge is -2.02. The Labute approximate surface area is 131 Å². The maximum atomic E-state index is 11.9. The van der Waals surface area contributed by atoms with Crippen molar-refractivity contribution in [2.45, 2.75) is 6.42 Å². The second kappa shape index (κ2) is 6.06. The SMILES string of the molecule is O=C1CC(/C=C/c2ccc(Br)cc2)=Nc2ccccc2N1. The molecular weight excluding hydrogens is 328 g/mol. The highest BCUT2D eigenvalue weighted by molar-refractivity contribution is 9.10. The summed E-state index contributed by atoms with van der Waals surface area (Å²) in [6.45, 7) is 0.